The van der Waals surface area contributed by atoms with Gasteiger partial charge >= 0.3 is 0 Å². The van der Waals surface area contributed by atoms with Crippen LogP contribution in [0.3, 0.4) is 0 Å². The monoisotopic (exact) mass is 341 g/mol. The highest BCUT2D eigenvalue weighted by Crippen LogP contribution is 2.27. The zero-order chi connectivity index (χ0) is 17.8. The van der Waals surface area contributed by atoms with Crippen LogP contribution in [0.25, 0.3) is 0 Å². The first-order valence-corrected chi connectivity index (χ1v) is 9.25. The number of benzene rings is 1. The van der Waals surface area contributed by atoms with E-state index in [4.69, 9.17) is 10.00 Å². The molecule has 1 aromatic carbocycles. The van der Waals surface area contributed by atoms with Gasteiger partial charge in [-0.25, -0.2) is 0 Å². The van der Waals surface area contributed by atoms with E-state index in [9.17, 15) is 4.79 Å². The highest BCUT2D eigenvalue weighted by molar-refractivity contribution is 5.99. The van der Waals surface area contributed by atoms with E-state index in [1.807, 2.05) is 17.0 Å². The minimum absolute atomic E-state index is 0.0123. The molecular weight excluding hydrogens is 314 g/mol. The fraction of sp³-hybridized carbons (Fsp3) is 0.600. The fourth-order valence-corrected chi connectivity index (χ4v) is 3.66. The van der Waals surface area contributed by atoms with Crippen LogP contribution in [0.4, 0.5) is 5.69 Å². The summed E-state index contributed by atoms with van der Waals surface area (Å²) in [4.78, 5) is 17.0. The minimum atomic E-state index is -0.0123. The topological polar surface area (TPSA) is 56.6 Å². The van der Waals surface area contributed by atoms with E-state index in [1.54, 1.807) is 12.1 Å². The Kier molecular flexibility index (Phi) is 5.72. The van der Waals surface area contributed by atoms with Gasteiger partial charge in [0.2, 0.25) is 5.91 Å². The zero-order valence-electron chi connectivity index (χ0n) is 15.1. The molecule has 25 heavy (non-hydrogen) atoms. The molecule has 1 aromatic rings. The molecule has 3 rings (SSSR count). The normalized spacial score (nSPS) is 22.6. The molecule has 2 heterocycles. The number of amides is 1. The van der Waals surface area contributed by atoms with Gasteiger partial charge in [-0.1, -0.05) is 13.8 Å². The van der Waals surface area contributed by atoms with Gasteiger partial charge in [-0.05, 0) is 49.4 Å². The summed E-state index contributed by atoms with van der Waals surface area (Å²) >= 11 is 0. The molecule has 0 bridgehead atoms. The van der Waals surface area contributed by atoms with Crippen LogP contribution in [-0.4, -0.2) is 49.2 Å². The lowest BCUT2D eigenvalue weighted by Gasteiger charge is -2.35. The van der Waals surface area contributed by atoms with E-state index in [0.717, 1.165) is 51.2 Å². The van der Waals surface area contributed by atoms with Crippen LogP contribution in [0.1, 0.15) is 38.7 Å². The summed E-state index contributed by atoms with van der Waals surface area (Å²) < 4.78 is 5.95. The van der Waals surface area contributed by atoms with E-state index in [-0.39, 0.29) is 11.9 Å². The van der Waals surface area contributed by atoms with Crippen molar-refractivity contribution >= 4 is 11.6 Å². The largest absolute Gasteiger partial charge is 0.378 e. The number of ether oxygens (including phenoxy) is 1. The summed E-state index contributed by atoms with van der Waals surface area (Å²) in [6.07, 6.45) is 3.22. The summed E-state index contributed by atoms with van der Waals surface area (Å²) in [6.45, 7) is 7.77. The third-order valence-corrected chi connectivity index (χ3v) is 5.07. The molecule has 0 radical (unpaired) electrons. The number of nitrogens with zero attached hydrogens (tertiary/aromatic N) is 3. The Hall–Kier alpha value is -1.90. The lowest BCUT2D eigenvalue weighted by molar-refractivity contribution is -0.122. The SMILES string of the molecule is CC(C)COC1CCN(C2CCN(c3ccc(C#N)cc3)C2=O)CC1. The molecular formula is C20H27N3O2. The van der Waals surface area contributed by atoms with Crippen LogP contribution in [0.2, 0.25) is 0 Å². The Labute approximate surface area is 150 Å². The smallest absolute Gasteiger partial charge is 0.244 e. The predicted octanol–water partition coefficient (Wildman–Crippen LogP) is 2.80. The van der Waals surface area contributed by atoms with E-state index in [2.05, 4.69) is 24.8 Å². The van der Waals surface area contributed by atoms with Crippen molar-refractivity contribution in [3.63, 3.8) is 0 Å². The zero-order valence-corrected chi connectivity index (χ0v) is 15.1. The summed E-state index contributed by atoms with van der Waals surface area (Å²) in [5, 5.41) is 8.90. The molecule has 0 spiro atoms. The predicted molar refractivity (Wildman–Crippen MR) is 97.3 cm³/mol. The van der Waals surface area contributed by atoms with Crippen LogP contribution in [0.5, 0.6) is 0 Å². The molecule has 5 nitrogen and oxygen atoms in total. The van der Waals surface area contributed by atoms with Crippen molar-refractivity contribution in [1.82, 2.24) is 4.90 Å². The van der Waals surface area contributed by atoms with Crippen molar-refractivity contribution in [2.75, 3.05) is 31.1 Å². The van der Waals surface area contributed by atoms with Crippen molar-refractivity contribution in [2.45, 2.75) is 45.3 Å². The van der Waals surface area contributed by atoms with Crippen LogP contribution in [0.15, 0.2) is 24.3 Å². The third kappa shape index (κ3) is 4.20. The number of hydrogen-bond acceptors (Lipinski definition) is 4. The van der Waals surface area contributed by atoms with Crippen molar-refractivity contribution in [2.24, 2.45) is 5.92 Å². The van der Waals surface area contributed by atoms with Gasteiger partial charge < -0.3 is 9.64 Å². The van der Waals surface area contributed by atoms with Gasteiger partial charge in [0, 0.05) is 31.9 Å². The van der Waals surface area contributed by atoms with Crippen LogP contribution < -0.4 is 4.90 Å². The van der Waals surface area contributed by atoms with Crippen molar-refractivity contribution in [1.29, 1.82) is 5.26 Å². The summed E-state index contributed by atoms with van der Waals surface area (Å²) in [7, 11) is 0. The Balaban J connectivity index is 1.55. The number of carbonyl (C=O) groups is 1. The highest BCUT2D eigenvalue weighted by Gasteiger charge is 2.38. The molecule has 2 aliphatic heterocycles. The number of carbonyl (C=O) groups excluding carboxylic acids is 1. The first-order chi connectivity index (χ1) is 12.1. The number of anilines is 1. The second kappa shape index (κ2) is 7.99. The van der Waals surface area contributed by atoms with E-state index < -0.39 is 0 Å². The molecule has 2 aliphatic rings. The van der Waals surface area contributed by atoms with Gasteiger partial charge in [0.25, 0.3) is 0 Å². The Bertz CT molecular complexity index is 627. The van der Waals surface area contributed by atoms with E-state index >= 15 is 0 Å². The molecule has 1 unspecified atom stereocenters. The molecule has 0 saturated carbocycles. The molecule has 0 aromatic heterocycles. The average Bonchev–Trinajstić information content (AvgIpc) is 3.02. The van der Waals surface area contributed by atoms with Gasteiger partial charge in [-0.15, -0.1) is 0 Å². The van der Waals surface area contributed by atoms with Crippen molar-refractivity contribution in [3.05, 3.63) is 29.8 Å². The van der Waals surface area contributed by atoms with Crippen LogP contribution in [0, 0.1) is 17.2 Å². The van der Waals surface area contributed by atoms with Crippen LogP contribution >= 0.6 is 0 Å². The summed E-state index contributed by atoms with van der Waals surface area (Å²) in [6, 6.07) is 9.38. The van der Waals surface area contributed by atoms with Crippen LogP contribution in [-0.2, 0) is 9.53 Å². The summed E-state index contributed by atoms with van der Waals surface area (Å²) in [5.41, 5.74) is 1.51. The average molecular weight is 341 g/mol. The Morgan fingerprint density at radius 1 is 1.16 bits per heavy atom. The number of rotatable bonds is 5. The maximum Gasteiger partial charge on any atom is 0.244 e. The lowest BCUT2D eigenvalue weighted by Crippen LogP contribution is -2.47. The number of hydrogen-bond donors (Lipinski definition) is 0. The second-order valence-corrected chi connectivity index (χ2v) is 7.42. The maximum absolute atomic E-state index is 12.8. The number of nitriles is 1. The van der Waals surface area contributed by atoms with Gasteiger partial charge in [-0.2, -0.15) is 5.26 Å². The van der Waals surface area contributed by atoms with E-state index in [1.165, 1.54) is 0 Å². The number of likely N-dealkylation sites (tertiary alicyclic amines) is 1. The molecule has 0 N–H and O–H groups in total. The molecule has 5 heteroatoms. The van der Waals surface area contributed by atoms with E-state index in [0.29, 0.717) is 17.6 Å². The third-order valence-electron chi connectivity index (χ3n) is 5.07. The first-order valence-electron chi connectivity index (χ1n) is 9.25. The van der Waals surface area contributed by atoms with Gasteiger partial charge in [0.1, 0.15) is 0 Å². The lowest BCUT2D eigenvalue weighted by atomic mass is 10.0. The van der Waals surface area contributed by atoms with Crippen molar-refractivity contribution in [3.8, 4) is 6.07 Å². The molecule has 2 fully saturated rings. The number of piperidine rings is 1. The molecule has 2 saturated heterocycles. The first kappa shape index (κ1) is 17.9. The molecule has 0 aliphatic carbocycles. The van der Waals surface area contributed by atoms with Gasteiger partial charge in [0.05, 0.1) is 23.8 Å². The highest BCUT2D eigenvalue weighted by atomic mass is 16.5. The maximum atomic E-state index is 12.8. The minimum Gasteiger partial charge on any atom is -0.378 e. The quantitative estimate of drug-likeness (QED) is 0.826. The van der Waals surface area contributed by atoms with Crippen molar-refractivity contribution < 1.29 is 9.53 Å². The van der Waals surface area contributed by atoms with Gasteiger partial charge in [0.15, 0.2) is 0 Å². The second-order valence-electron chi connectivity index (χ2n) is 7.42. The molecule has 1 atom stereocenters. The van der Waals surface area contributed by atoms with Gasteiger partial charge in [-0.3, -0.25) is 9.69 Å². The Morgan fingerprint density at radius 2 is 1.84 bits per heavy atom. The Morgan fingerprint density at radius 3 is 2.44 bits per heavy atom. The summed E-state index contributed by atoms with van der Waals surface area (Å²) in [5.74, 6) is 0.752. The molecule has 1 amide bonds. The molecule has 134 valence electrons. The fourth-order valence-electron chi connectivity index (χ4n) is 3.66. The standard InChI is InChI=1S/C20H27N3O2/c1-15(2)14-25-18-7-10-22(11-8-18)19-9-12-23(20(19)24)17-5-3-16(13-21)4-6-17/h3-6,15,18-19H,7-12,14H2,1-2H3.